The summed E-state index contributed by atoms with van der Waals surface area (Å²) in [7, 11) is 3.13. The van der Waals surface area contributed by atoms with Crippen molar-refractivity contribution in [2.24, 2.45) is 0 Å². The largest absolute Gasteiger partial charge is 0.496 e. The second-order valence-electron chi connectivity index (χ2n) is 6.33. The Hall–Kier alpha value is -2.77. The first-order chi connectivity index (χ1) is 14.0. The second-order valence-corrected chi connectivity index (χ2v) is 6.73. The minimum Gasteiger partial charge on any atom is -0.496 e. The first-order valence-corrected chi connectivity index (χ1v) is 9.33. The maximum atomic E-state index is 14.0. The van der Waals surface area contributed by atoms with Gasteiger partial charge in [-0.3, -0.25) is 0 Å². The number of halogens is 2. The minimum absolute atomic E-state index is 0.0130. The Kier molecular flexibility index (Phi) is 6.95. The predicted molar refractivity (Wildman–Crippen MR) is 107 cm³/mol. The van der Waals surface area contributed by atoms with Crippen LogP contribution < -0.4 is 19.5 Å². The van der Waals surface area contributed by atoms with Crippen LogP contribution in [0.5, 0.6) is 17.2 Å². The highest BCUT2D eigenvalue weighted by molar-refractivity contribution is 6.31. The molecule has 8 heteroatoms. The van der Waals surface area contributed by atoms with Gasteiger partial charge >= 0.3 is 0 Å². The van der Waals surface area contributed by atoms with Crippen molar-refractivity contribution in [1.29, 1.82) is 0 Å². The SMILES string of the molecule is COc1cc(OCc2c(F)cccc2Cl)cc(OC)c1CNCc1cc(C)on1. The molecule has 3 aromatic rings. The molecule has 0 spiro atoms. The maximum Gasteiger partial charge on any atom is 0.133 e. The van der Waals surface area contributed by atoms with Gasteiger partial charge in [0.1, 0.15) is 35.4 Å². The van der Waals surface area contributed by atoms with Crippen LogP contribution >= 0.6 is 11.6 Å². The van der Waals surface area contributed by atoms with Crippen LogP contribution in [-0.4, -0.2) is 19.4 Å². The van der Waals surface area contributed by atoms with Crippen LogP contribution in [0.1, 0.15) is 22.6 Å². The Morgan fingerprint density at radius 3 is 2.38 bits per heavy atom. The molecule has 0 saturated carbocycles. The number of nitrogens with one attached hydrogen (secondary N) is 1. The van der Waals surface area contributed by atoms with Crippen molar-refractivity contribution >= 4 is 11.6 Å². The Labute approximate surface area is 173 Å². The summed E-state index contributed by atoms with van der Waals surface area (Å²) in [5.74, 6) is 1.99. The number of methoxy groups -OCH3 is 2. The fourth-order valence-corrected chi connectivity index (χ4v) is 3.08. The van der Waals surface area contributed by atoms with Crippen LogP contribution in [0, 0.1) is 12.7 Å². The van der Waals surface area contributed by atoms with Crippen molar-refractivity contribution in [3.8, 4) is 17.2 Å². The van der Waals surface area contributed by atoms with Gasteiger partial charge in [0.15, 0.2) is 0 Å². The molecule has 0 saturated heterocycles. The zero-order valence-electron chi connectivity index (χ0n) is 16.4. The molecule has 0 atom stereocenters. The van der Waals surface area contributed by atoms with Gasteiger partial charge in [0.25, 0.3) is 0 Å². The summed E-state index contributed by atoms with van der Waals surface area (Å²) in [5, 5.41) is 7.55. The highest BCUT2D eigenvalue weighted by atomic mass is 35.5. The number of aromatic nitrogens is 1. The van der Waals surface area contributed by atoms with Gasteiger partial charge in [-0.1, -0.05) is 22.8 Å². The fourth-order valence-electron chi connectivity index (χ4n) is 2.86. The van der Waals surface area contributed by atoms with Gasteiger partial charge in [0.2, 0.25) is 0 Å². The monoisotopic (exact) mass is 420 g/mol. The third-order valence-corrected chi connectivity index (χ3v) is 4.67. The van der Waals surface area contributed by atoms with Crippen LogP contribution in [0.15, 0.2) is 40.9 Å². The molecule has 0 aliphatic carbocycles. The average Bonchev–Trinajstić information content (AvgIpc) is 3.13. The lowest BCUT2D eigenvalue weighted by molar-refractivity contribution is 0.294. The van der Waals surface area contributed by atoms with E-state index in [4.69, 9.17) is 30.3 Å². The van der Waals surface area contributed by atoms with E-state index in [0.29, 0.717) is 40.9 Å². The number of ether oxygens (including phenoxy) is 3. The van der Waals surface area contributed by atoms with Crippen molar-refractivity contribution in [2.75, 3.05) is 14.2 Å². The molecule has 0 aliphatic rings. The second kappa shape index (κ2) is 9.62. The predicted octanol–water partition coefficient (Wildman–Crippen LogP) is 4.66. The van der Waals surface area contributed by atoms with Crippen LogP contribution in [0.4, 0.5) is 4.39 Å². The maximum absolute atomic E-state index is 14.0. The van der Waals surface area contributed by atoms with Crippen LogP contribution in [0.25, 0.3) is 0 Å². The van der Waals surface area contributed by atoms with E-state index in [-0.39, 0.29) is 6.61 Å². The van der Waals surface area contributed by atoms with Crippen molar-refractivity contribution in [3.05, 3.63) is 69.8 Å². The number of rotatable bonds is 9. The lowest BCUT2D eigenvalue weighted by Gasteiger charge is -2.16. The van der Waals surface area contributed by atoms with E-state index in [1.807, 2.05) is 13.0 Å². The molecule has 0 radical (unpaired) electrons. The molecule has 1 heterocycles. The summed E-state index contributed by atoms with van der Waals surface area (Å²) in [6.45, 7) is 2.85. The van der Waals surface area contributed by atoms with E-state index in [1.54, 1.807) is 38.5 Å². The molecule has 0 unspecified atom stereocenters. The van der Waals surface area contributed by atoms with Gasteiger partial charge in [-0.15, -0.1) is 0 Å². The summed E-state index contributed by atoms with van der Waals surface area (Å²) >= 11 is 6.06. The summed E-state index contributed by atoms with van der Waals surface area (Å²) < 4.78 is 35.8. The molecule has 6 nitrogen and oxygen atoms in total. The average molecular weight is 421 g/mol. The number of hydrogen-bond donors (Lipinski definition) is 1. The number of aryl methyl sites for hydroxylation is 1. The smallest absolute Gasteiger partial charge is 0.133 e. The zero-order chi connectivity index (χ0) is 20.8. The van der Waals surface area contributed by atoms with Gasteiger partial charge in [-0.25, -0.2) is 4.39 Å². The Bertz CT molecular complexity index is 932. The topological polar surface area (TPSA) is 65.8 Å². The lowest BCUT2D eigenvalue weighted by atomic mass is 10.1. The number of benzene rings is 2. The Balaban J connectivity index is 1.73. The molecule has 1 aromatic heterocycles. The third kappa shape index (κ3) is 5.19. The van der Waals surface area contributed by atoms with Crippen molar-refractivity contribution < 1.29 is 23.1 Å². The van der Waals surface area contributed by atoms with E-state index in [2.05, 4.69) is 10.5 Å². The summed E-state index contributed by atoms with van der Waals surface area (Å²) in [4.78, 5) is 0. The summed E-state index contributed by atoms with van der Waals surface area (Å²) in [5.41, 5.74) is 1.93. The minimum atomic E-state index is -0.416. The Morgan fingerprint density at radius 2 is 1.79 bits per heavy atom. The van der Waals surface area contributed by atoms with E-state index >= 15 is 0 Å². The zero-order valence-corrected chi connectivity index (χ0v) is 17.2. The van der Waals surface area contributed by atoms with Gasteiger partial charge in [0, 0.05) is 36.9 Å². The van der Waals surface area contributed by atoms with Crippen molar-refractivity contribution in [3.63, 3.8) is 0 Å². The molecule has 29 heavy (non-hydrogen) atoms. The van der Waals surface area contributed by atoms with E-state index < -0.39 is 5.82 Å². The quantitative estimate of drug-likeness (QED) is 0.543. The van der Waals surface area contributed by atoms with E-state index in [1.165, 1.54) is 6.07 Å². The molecule has 0 aliphatic heterocycles. The molecule has 1 N–H and O–H groups in total. The first-order valence-electron chi connectivity index (χ1n) is 8.95. The Morgan fingerprint density at radius 1 is 1.07 bits per heavy atom. The number of hydrogen-bond acceptors (Lipinski definition) is 6. The van der Waals surface area contributed by atoms with Crippen LogP contribution in [0.3, 0.4) is 0 Å². The lowest BCUT2D eigenvalue weighted by Crippen LogP contribution is -2.14. The molecule has 2 aromatic carbocycles. The molecule has 0 bridgehead atoms. The fraction of sp³-hybridized carbons (Fsp3) is 0.286. The molecule has 0 fully saturated rings. The van der Waals surface area contributed by atoms with E-state index in [0.717, 1.165) is 17.0 Å². The van der Waals surface area contributed by atoms with Crippen molar-refractivity contribution in [2.45, 2.75) is 26.6 Å². The van der Waals surface area contributed by atoms with Gasteiger partial charge in [0.05, 0.1) is 30.5 Å². The van der Waals surface area contributed by atoms with E-state index in [9.17, 15) is 4.39 Å². The third-order valence-electron chi connectivity index (χ3n) is 4.31. The first kappa shape index (κ1) is 21.0. The van der Waals surface area contributed by atoms with Gasteiger partial charge in [-0.05, 0) is 19.1 Å². The summed E-state index contributed by atoms with van der Waals surface area (Å²) in [6.07, 6.45) is 0. The molecule has 3 rings (SSSR count). The molecule has 0 amide bonds. The molecular weight excluding hydrogens is 399 g/mol. The van der Waals surface area contributed by atoms with Crippen LogP contribution in [0.2, 0.25) is 5.02 Å². The summed E-state index contributed by atoms with van der Waals surface area (Å²) in [6, 6.07) is 9.84. The number of nitrogens with zero attached hydrogens (tertiary/aromatic N) is 1. The van der Waals surface area contributed by atoms with Crippen molar-refractivity contribution in [1.82, 2.24) is 10.5 Å². The van der Waals surface area contributed by atoms with Gasteiger partial charge < -0.3 is 24.1 Å². The molecular formula is C21H22ClFN2O4. The highest BCUT2D eigenvalue weighted by Crippen LogP contribution is 2.35. The standard InChI is InChI=1S/C21H22ClFN2O4/c1-13-7-14(25-29-13)10-24-11-16-20(26-2)8-15(9-21(16)27-3)28-12-17-18(22)5-4-6-19(17)23/h4-9,24H,10-12H2,1-3H3. The highest BCUT2D eigenvalue weighted by Gasteiger charge is 2.15. The molecule has 154 valence electrons. The van der Waals surface area contributed by atoms with Crippen LogP contribution in [-0.2, 0) is 19.7 Å². The van der Waals surface area contributed by atoms with Gasteiger partial charge in [-0.2, -0.15) is 0 Å². The normalized spacial score (nSPS) is 10.8.